The molecule has 2 rings (SSSR count). The summed E-state index contributed by atoms with van der Waals surface area (Å²) in [5.74, 6) is -1.16. The van der Waals surface area contributed by atoms with E-state index in [1.54, 1.807) is 13.0 Å². The van der Waals surface area contributed by atoms with E-state index in [4.69, 9.17) is 4.74 Å². The minimum absolute atomic E-state index is 0.209. The van der Waals surface area contributed by atoms with Crippen molar-refractivity contribution in [3.8, 4) is 0 Å². The molecule has 5 heteroatoms. The van der Waals surface area contributed by atoms with E-state index in [9.17, 15) is 14.7 Å². The van der Waals surface area contributed by atoms with Crippen molar-refractivity contribution in [2.45, 2.75) is 45.0 Å². The van der Waals surface area contributed by atoms with Gasteiger partial charge in [-0.3, -0.25) is 14.9 Å². The zero-order valence-electron chi connectivity index (χ0n) is 9.97. The Labute approximate surface area is 99.8 Å². The molecule has 0 spiro atoms. The van der Waals surface area contributed by atoms with E-state index in [0.29, 0.717) is 18.4 Å². The van der Waals surface area contributed by atoms with E-state index >= 15 is 0 Å². The molecule has 2 heterocycles. The van der Waals surface area contributed by atoms with Crippen LogP contribution in [0.5, 0.6) is 0 Å². The summed E-state index contributed by atoms with van der Waals surface area (Å²) in [5.41, 5.74) is 0.521. The number of carbonyl (C=O) groups excluding carboxylic acids is 2. The Balaban J connectivity index is 2.13. The first kappa shape index (κ1) is 12.3. The van der Waals surface area contributed by atoms with E-state index in [1.807, 2.05) is 6.92 Å². The summed E-state index contributed by atoms with van der Waals surface area (Å²) in [5, 5.41) is 12.0. The summed E-state index contributed by atoms with van der Waals surface area (Å²) >= 11 is 0. The van der Waals surface area contributed by atoms with Gasteiger partial charge >= 0.3 is 0 Å². The Kier molecular flexibility index (Phi) is 3.31. The molecule has 0 saturated carbocycles. The van der Waals surface area contributed by atoms with Crippen LogP contribution >= 0.6 is 0 Å². The maximum atomic E-state index is 11.7. The first-order valence-electron chi connectivity index (χ1n) is 5.90. The summed E-state index contributed by atoms with van der Waals surface area (Å²) in [7, 11) is 0. The topological polar surface area (TPSA) is 75.6 Å². The zero-order chi connectivity index (χ0) is 12.6. The molecule has 94 valence electrons. The Hall–Kier alpha value is -1.20. The summed E-state index contributed by atoms with van der Waals surface area (Å²) in [4.78, 5) is 23.0. The fourth-order valence-corrected chi connectivity index (χ4v) is 2.35. The van der Waals surface area contributed by atoms with Gasteiger partial charge in [-0.15, -0.1) is 0 Å². The van der Waals surface area contributed by atoms with Gasteiger partial charge in [-0.1, -0.05) is 13.0 Å². The van der Waals surface area contributed by atoms with Gasteiger partial charge in [0.1, 0.15) is 0 Å². The number of aliphatic hydroxyl groups is 1. The maximum Gasteiger partial charge on any atom is 0.253 e. The molecule has 2 aliphatic heterocycles. The largest absolute Gasteiger partial charge is 0.390 e. The van der Waals surface area contributed by atoms with Crippen molar-refractivity contribution in [2.24, 2.45) is 5.92 Å². The molecule has 2 aliphatic rings. The SMILES string of the molecule is CC[C@H]1O[C@@H](C2C=C(C)C(=O)NC2=O)C[C@H]1O. The Morgan fingerprint density at radius 3 is 2.82 bits per heavy atom. The molecule has 1 saturated heterocycles. The van der Waals surface area contributed by atoms with Gasteiger partial charge < -0.3 is 9.84 Å². The molecule has 17 heavy (non-hydrogen) atoms. The highest BCUT2D eigenvalue weighted by Gasteiger charge is 2.41. The van der Waals surface area contributed by atoms with Crippen LogP contribution in [0.15, 0.2) is 11.6 Å². The van der Waals surface area contributed by atoms with Crippen LogP contribution in [-0.2, 0) is 14.3 Å². The first-order chi connectivity index (χ1) is 8.02. The van der Waals surface area contributed by atoms with E-state index in [2.05, 4.69) is 5.32 Å². The zero-order valence-corrected chi connectivity index (χ0v) is 9.97. The van der Waals surface area contributed by atoms with Crippen molar-refractivity contribution in [3.63, 3.8) is 0 Å². The van der Waals surface area contributed by atoms with Crippen LogP contribution in [0.25, 0.3) is 0 Å². The van der Waals surface area contributed by atoms with Crippen molar-refractivity contribution >= 4 is 11.8 Å². The number of aliphatic hydroxyl groups excluding tert-OH is 1. The first-order valence-corrected chi connectivity index (χ1v) is 5.90. The number of rotatable bonds is 2. The number of carbonyl (C=O) groups is 2. The van der Waals surface area contributed by atoms with Gasteiger partial charge in [0.2, 0.25) is 5.91 Å². The smallest absolute Gasteiger partial charge is 0.253 e. The average molecular weight is 239 g/mol. The standard InChI is InChI=1S/C12H17NO4/c1-3-9-8(14)5-10(17-9)7-4-6(2)11(15)13-12(7)16/h4,7-10,14H,3,5H2,1-2H3,(H,13,15,16)/t7?,8-,9-,10-/m1/s1. The third-order valence-electron chi connectivity index (χ3n) is 3.38. The monoisotopic (exact) mass is 239 g/mol. The number of hydrogen-bond donors (Lipinski definition) is 2. The number of amides is 2. The third-order valence-corrected chi connectivity index (χ3v) is 3.38. The molecule has 4 atom stereocenters. The number of imide groups is 1. The lowest BCUT2D eigenvalue weighted by atomic mass is 9.92. The fraction of sp³-hybridized carbons (Fsp3) is 0.667. The van der Waals surface area contributed by atoms with Gasteiger partial charge in [-0.2, -0.15) is 0 Å². The lowest BCUT2D eigenvalue weighted by Gasteiger charge is -2.23. The molecule has 1 fully saturated rings. The lowest BCUT2D eigenvalue weighted by molar-refractivity contribution is -0.134. The van der Waals surface area contributed by atoms with Crippen molar-refractivity contribution < 1.29 is 19.4 Å². The van der Waals surface area contributed by atoms with Crippen molar-refractivity contribution in [3.05, 3.63) is 11.6 Å². The normalized spacial score (nSPS) is 37.9. The molecule has 5 nitrogen and oxygen atoms in total. The van der Waals surface area contributed by atoms with Gasteiger partial charge in [-0.25, -0.2) is 0 Å². The summed E-state index contributed by atoms with van der Waals surface area (Å²) in [6, 6.07) is 0. The van der Waals surface area contributed by atoms with Crippen molar-refractivity contribution in [2.75, 3.05) is 0 Å². The fourth-order valence-electron chi connectivity index (χ4n) is 2.35. The predicted molar refractivity (Wildman–Crippen MR) is 60.0 cm³/mol. The van der Waals surface area contributed by atoms with Gasteiger partial charge in [0.15, 0.2) is 0 Å². The van der Waals surface area contributed by atoms with Gasteiger partial charge in [-0.05, 0) is 13.3 Å². The molecule has 0 aromatic heterocycles. The minimum atomic E-state index is -0.524. The summed E-state index contributed by atoms with van der Waals surface area (Å²) in [6.07, 6.45) is 1.72. The van der Waals surface area contributed by atoms with Crippen LogP contribution in [0.1, 0.15) is 26.7 Å². The number of nitrogens with one attached hydrogen (secondary N) is 1. The maximum absolute atomic E-state index is 11.7. The molecule has 0 aliphatic carbocycles. The molecule has 1 unspecified atom stereocenters. The van der Waals surface area contributed by atoms with Gasteiger partial charge in [0.05, 0.1) is 24.2 Å². The molecule has 0 aromatic carbocycles. The van der Waals surface area contributed by atoms with Gasteiger partial charge in [0, 0.05) is 12.0 Å². The van der Waals surface area contributed by atoms with E-state index in [1.165, 1.54) is 0 Å². The highest BCUT2D eigenvalue weighted by molar-refractivity contribution is 6.08. The van der Waals surface area contributed by atoms with Crippen molar-refractivity contribution in [1.29, 1.82) is 0 Å². The predicted octanol–water partition coefficient (Wildman–Crippen LogP) is 0.134. The van der Waals surface area contributed by atoms with E-state index < -0.39 is 12.0 Å². The van der Waals surface area contributed by atoms with Crippen LogP contribution in [0.3, 0.4) is 0 Å². The highest BCUT2D eigenvalue weighted by Crippen LogP contribution is 2.30. The second-order valence-electron chi connectivity index (χ2n) is 4.62. The molecule has 0 bridgehead atoms. The Morgan fingerprint density at radius 2 is 2.24 bits per heavy atom. The summed E-state index contributed by atoms with van der Waals surface area (Å²) < 4.78 is 5.65. The van der Waals surface area contributed by atoms with E-state index in [0.717, 1.165) is 0 Å². The van der Waals surface area contributed by atoms with Crippen LogP contribution < -0.4 is 5.32 Å². The molecule has 2 N–H and O–H groups in total. The molecular weight excluding hydrogens is 222 g/mol. The number of ether oxygens (including phenoxy) is 1. The highest BCUT2D eigenvalue weighted by atomic mass is 16.5. The Morgan fingerprint density at radius 1 is 1.53 bits per heavy atom. The second-order valence-corrected chi connectivity index (χ2v) is 4.62. The molecule has 0 aromatic rings. The van der Waals surface area contributed by atoms with Crippen LogP contribution in [0.2, 0.25) is 0 Å². The van der Waals surface area contributed by atoms with Crippen LogP contribution in [0, 0.1) is 5.92 Å². The van der Waals surface area contributed by atoms with Crippen molar-refractivity contribution in [1.82, 2.24) is 5.32 Å². The summed E-state index contributed by atoms with van der Waals surface area (Å²) in [6.45, 7) is 3.60. The second kappa shape index (κ2) is 4.58. The molecule has 2 amide bonds. The minimum Gasteiger partial charge on any atom is -0.390 e. The molecule has 0 radical (unpaired) electrons. The van der Waals surface area contributed by atoms with E-state index in [-0.39, 0.29) is 24.0 Å². The van der Waals surface area contributed by atoms with Crippen LogP contribution in [-0.4, -0.2) is 35.2 Å². The van der Waals surface area contributed by atoms with Gasteiger partial charge in [0.25, 0.3) is 5.91 Å². The number of hydrogen-bond acceptors (Lipinski definition) is 4. The average Bonchev–Trinajstić information content (AvgIpc) is 2.65. The third kappa shape index (κ3) is 2.25. The molecular formula is C12H17NO4. The quantitative estimate of drug-likeness (QED) is 0.672. The lowest BCUT2D eigenvalue weighted by Crippen LogP contribution is -2.44. The van der Waals surface area contributed by atoms with Crippen LogP contribution in [0.4, 0.5) is 0 Å². The Bertz CT molecular complexity index is 377.